The summed E-state index contributed by atoms with van der Waals surface area (Å²) in [6.45, 7) is 0. The average molecular weight is 431 g/mol. The Kier molecular flexibility index (Phi) is 6.66. The largest absolute Gasteiger partial charge is 0.477 e. The molecule has 160 valence electrons. The van der Waals surface area contributed by atoms with Crippen molar-refractivity contribution >= 4 is 11.9 Å². The normalized spacial score (nSPS) is 10.0. The minimum atomic E-state index is -1.24. The van der Waals surface area contributed by atoms with Crippen LogP contribution in [0.15, 0.2) is 82.6 Å². The molecule has 0 atom stereocenters. The lowest BCUT2D eigenvalue weighted by molar-refractivity contribution is 0.0694. The summed E-state index contributed by atoms with van der Waals surface area (Å²) < 4.78 is 0. The van der Waals surface area contributed by atoms with Crippen LogP contribution in [0.2, 0.25) is 0 Å². The van der Waals surface area contributed by atoms with E-state index in [9.17, 15) is 19.2 Å². The Bertz CT molecular complexity index is 1260. The molecule has 0 aliphatic rings. The van der Waals surface area contributed by atoms with Crippen LogP contribution < -0.4 is 16.9 Å². The van der Waals surface area contributed by atoms with Gasteiger partial charge in [0, 0.05) is 12.4 Å². The van der Waals surface area contributed by atoms with Gasteiger partial charge in [-0.3, -0.25) is 24.4 Å². The van der Waals surface area contributed by atoms with Crippen LogP contribution >= 0.6 is 0 Å². The summed E-state index contributed by atoms with van der Waals surface area (Å²) in [5.41, 5.74) is 5.84. The van der Waals surface area contributed by atoms with Gasteiger partial charge in [0.25, 0.3) is 17.0 Å². The minimum absolute atomic E-state index is 0.0559. The average Bonchev–Trinajstić information content (AvgIpc) is 2.80. The number of aromatic amines is 2. The molecule has 32 heavy (non-hydrogen) atoms. The molecule has 10 nitrogen and oxygen atoms in total. The number of carbonyl (C=O) groups is 2. The molecule has 4 aromatic rings. The van der Waals surface area contributed by atoms with Crippen LogP contribution in [-0.2, 0) is 0 Å². The highest BCUT2D eigenvalue weighted by Gasteiger charge is 2.09. The van der Waals surface area contributed by atoms with Crippen LogP contribution in [-0.4, -0.2) is 36.9 Å². The summed E-state index contributed by atoms with van der Waals surface area (Å²) in [4.78, 5) is 57.5. The second-order valence-electron chi connectivity index (χ2n) is 6.33. The summed E-state index contributed by atoms with van der Waals surface area (Å²) >= 11 is 0. The van der Waals surface area contributed by atoms with E-state index < -0.39 is 23.0 Å². The fraction of sp³-hybridized carbons (Fsp3) is 0. The zero-order valence-electron chi connectivity index (χ0n) is 16.5. The van der Waals surface area contributed by atoms with E-state index in [1.807, 2.05) is 6.07 Å². The number of nitrogens with one attached hydrogen (secondary N) is 2. The molecule has 10 heteroatoms. The summed E-state index contributed by atoms with van der Waals surface area (Å²) in [5.74, 6) is -1.98. The number of pyridine rings is 4. The van der Waals surface area contributed by atoms with Crippen molar-refractivity contribution in [1.29, 1.82) is 0 Å². The van der Waals surface area contributed by atoms with Gasteiger partial charge in [-0.15, -0.1) is 0 Å². The standard InChI is InChI=1S/C11H9N3O2.C11H8N2O3/c12-10(15)7-4-5-9(14-11(7)16)8-3-1-2-6-13-8;14-10-7(11(15)16)4-5-9(13-10)8-3-1-2-6-12-8/h1-6H,(H2,12,15)(H,14,16);1-6H,(H,13,14)(H,15,16). The molecule has 0 aliphatic carbocycles. The van der Waals surface area contributed by atoms with Crippen LogP contribution in [0.4, 0.5) is 0 Å². The van der Waals surface area contributed by atoms with E-state index in [-0.39, 0.29) is 11.1 Å². The lowest BCUT2D eigenvalue weighted by atomic mass is 10.2. The van der Waals surface area contributed by atoms with Gasteiger partial charge in [-0.2, -0.15) is 0 Å². The molecule has 0 fully saturated rings. The zero-order chi connectivity index (χ0) is 23.1. The summed E-state index contributed by atoms with van der Waals surface area (Å²) in [6.07, 6.45) is 3.22. The molecule has 0 spiro atoms. The molecule has 0 saturated carbocycles. The summed E-state index contributed by atoms with van der Waals surface area (Å²) in [6, 6.07) is 16.4. The van der Waals surface area contributed by atoms with Gasteiger partial charge in [0.1, 0.15) is 11.1 Å². The van der Waals surface area contributed by atoms with E-state index in [0.717, 1.165) is 0 Å². The van der Waals surface area contributed by atoms with Crippen LogP contribution in [0.25, 0.3) is 22.8 Å². The number of H-pyrrole nitrogens is 2. The molecule has 0 radical (unpaired) electrons. The lowest BCUT2D eigenvalue weighted by Gasteiger charge is -2.00. The number of hydrogen-bond acceptors (Lipinski definition) is 6. The van der Waals surface area contributed by atoms with E-state index in [2.05, 4.69) is 19.9 Å². The van der Waals surface area contributed by atoms with Crippen molar-refractivity contribution in [2.24, 2.45) is 5.73 Å². The van der Waals surface area contributed by atoms with Gasteiger partial charge in [-0.25, -0.2) is 4.79 Å². The Morgan fingerprint density at radius 3 is 1.53 bits per heavy atom. The van der Waals surface area contributed by atoms with Crippen molar-refractivity contribution in [2.75, 3.05) is 0 Å². The maximum absolute atomic E-state index is 11.5. The molecule has 4 aromatic heterocycles. The second-order valence-corrected chi connectivity index (χ2v) is 6.33. The highest BCUT2D eigenvalue weighted by molar-refractivity contribution is 5.92. The second kappa shape index (κ2) is 9.76. The topological polar surface area (TPSA) is 172 Å². The van der Waals surface area contributed by atoms with E-state index >= 15 is 0 Å². The number of nitrogens with zero attached hydrogens (tertiary/aromatic N) is 2. The first-order valence-corrected chi connectivity index (χ1v) is 9.19. The number of primary amides is 1. The SMILES string of the molecule is NC(=O)c1ccc(-c2ccccn2)[nH]c1=O.O=C(O)c1ccc(-c2ccccn2)[nH]c1=O. The number of carbonyl (C=O) groups excluding carboxylic acids is 1. The number of carboxylic acid groups (broad SMARTS) is 1. The maximum Gasteiger partial charge on any atom is 0.341 e. The Balaban J connectivity index is 0.000000181. The third-order valence-electron chi connectivity index (χ3n) is 4.20. The van der Waals surface area contributed by atoms with Gasteiger partial charge in [0.05, 0.1) is 22.8 Å². The molecule has 4 rings (SSSR count). The van der Waals surface area contributed by atoms with Crippen LogP contribution in [0.5, 0.6) is 0 Å². The smallest absolute Gasteiger partial charge is 0.341 e. The Morgan fingerprint density at radius 2 is 1.19 bits per heavy atom. The van der Waals surface area contributed by atoms with E-state index in [0.29, 0.717) is 22.8 Å². The van der Waals surface area contributed by atoms with E-state index in [1.54, 1.807) is 48.8 Å². The summed E-state index contributed by atoms with van der Waals surface area (Å²) in [7, 11) is 0. The zero-order valence-corrected chi connectivity index (χ0v) is 16.5. The molecule has 4 heterocycles. The molecule has 0 bridgehead atoms. The van der Waals surface area contributed by atoms with Crippen LogP contribution in [0, 0.1) is 0 Å². The van der Waals surface area contributed by atoms with Crippen molar-refractivity contribution in [1.82, 2.24) is 19.9 Å². The number of nitrogens with two attached hydrogens (primary N) is 1. The van der Waals surface area contributed by atoms with Gasteiger partial charge >= 0.3 is 5.97 Å². The number of hydrogen-bond donors (Lipinski definition) is 4. The fourth-order valence-corrected chi connectivity index (χ4v) is 2.65. The van der Waals surface area contributed by atoms with Crippen molar-refractivity contribution in [3.05, 3.63) is 105 Å². The highest BCUT2D eigenvalue weighted by Crippen LogP contribution is 2.12. The van der Waals surface area contributed by atoms with E-state index in [4.69, 9.17) is 10.8 Å². The maximum atomic E-state index is 11.5. The van der Waals surface area contributed by atoms with Gasteiger partial charge in [-0.05, 0) is 48.5 Å². The Labute approximate surface area is 180 Å². The highest BCUT2D eigenvalue weighted by atomic mass is 16.4. The number of carboxylic acids is 1. The first-order chi connectivity index (χ1) is 15.4. The van der Waals surface area contributed by atoms with Crippen LogP contribution in [0.3, 0.4) is 0 Å². The molecule has 0 aliphatic heterocycles. The molecule has 0 unspecified atom stereocenters. The predicted molar refractivity (Wildman–Crippen MR) is 116 cm³/mol. The van der Waals surface area contributed by atoms with Crippen LogP contribution in [0.1, 0.15) is 20.7 Å². The predicted octanol–water partition coefficient (Wildman–Crippen LogP) is 1.67. The van der Waals surface area contributed by atoms with Crippen molar-refractivity contribution < 1.29 is 14.7 Å². The third-order valence-corrected chi connectivity index (χ3v) is 4.20. The molecule has 5 N–H and O–H groups in total. The number of aromatic nitrogens is 4. The molecular weight excluding hydrogens is 414 g/mol. The Hall–Kier alpha value is -4.86. The van der Waals surface area contributed by atoms with Gasteiger partial charge in [-0.1, -0.05) is 12.1 Å². The molecule has 0 saturated heterocycles. The monoisotopic (exact) mass is 431 g/mol. The Morgan fingerprint density at radius 1 is 0.719 bits per heavy atom. The third kappa shape index (κ3) is 5.19. The molecule has 0 aromatic carbocycles. The van der Waals surface area contributed by atoms with Crippen molar-refractivity contribution in [3.63, 3.8) is 0 Å². The van der Waals surface area contributed by atoms with E-state index in [1.165, 1.54) is 18.2 Å². The number of rotatable bonds is 4. The quantitative estimate of drug-likeness (QED) is 0.380. The molecular formula is C22H17N5O5. The minimum Gasteiger partial charge on any atom is -0.477 e. The number of amides is 1. The van der Waals surface area contributed by atoms with Gasteiger partial charge in [0.15, 0.2) is 0 Å². The van der Waals surface area contributed by atoms with Crippen molar-refractivity contribution in [3.8, 4) is 22.8 Å². The first-order valence-electron chi connectivity index (χ1n) is 9.19. The lowest BCUT2D eigenvalue weighted by Crippen LogP contribution is -2.23. The number of aromatic carboxylic acids is 1. The van der Waals surface area contributed by atoms with Crippen molar-refractivity contribution in [2.45, 2.75) is 0 Å². The fourth-order valence-electron chi connectivity index (χ4n) is 2.65. The molecule has 1 amide bonds. The first kappa shape index (κ1) is 21.8. The summed E-state index contributed by atoms with van der Waals surface area (Å²) in [5, 5.41) is 8.69. The van der Waals surface area contributed by atoms with Gasteiger partial charge < -0.3 is 20.8 Å². The van der Waals surface area contributed by atoms with Gasteiger partial charge in [0.2, 0.25) is 0 Å².